The molecule has 0 saturated carbocycles. The lowest BCUT2D eigenvalue weighted by molar-refractivity contribution is -0.115. The summed E-state index contributed by atoms with van der Waals surface area (Å²) in [5.74, 6) is 0.731. The van der Waals surface area contributed by atoms with Crippen LogP contribution in [0.4, 0.5) is 5.69 Å². The third-order valence-electron chi connectivity index (χ3n) is 4.23. The van der Waals surface area contributed by atoms with E-state index in [1.807, 2.05) is 80.1 Å². The number of ether oxygens (including phenoxy) is 1. The zero-order valence-electron chi connectivity index (χ0n) is 15.3. The number of amides is 1. The van der Waals surface area contributed by atoms with Crippen LogP contribution in [0, 0.1) is 13.8 Å². The summed E-state index contributed by atoms with van der Waals surface area (Å²) < 4.78 is 7.30. The van der Waals surface area contributed by atoms with Crippen molar-refractivity contribution in [3.8, 4) is 11.4 Å². The van der Waals surface area contributed by atoms with Crippen molar-refractivity contribution in [1.82, 2.24) is 9.78 Å². The third-order valence-corrected chi connectivity index (χ3v) is 4.23. The van der Waals surface area contributed by atoms with Gasteiger partial charge in [-0.15, -0.1) is 0 Å². The summed E-state index contributed by atoms with van der Waals surface area (Å²) in [6.45, 7) is 6.49. The summed E-state index contributed by atoms with van der Waals surface area (Å²) in [4.78, 5) is 12.5. The van der Waals surface area contributed by atoms with Crippen molar-refractivity contribution in [2.45, 2.75) is 27.2 Å². The van der Waals surface area contributed by atoms with Gasteiger partial charge < -0.3 is 10.1 Å². The molecule has 0 radical (unpaired) electrons. The van der Waals surface area contributed by atoms with Crippen LogP contribution in [0.1, 0.15) is 23.9 Å². The van der Waals surface area contributed by atoms with Crippen LogP contribution in [0.25, 0.3) is 5.69 Å². The number of benzene rings is 2. The number of nitrogens with one attached hydrogen (secondary N) is 1. The minimum absolute atomic E-state index is 0.0621. The molecule has 0 unspecified atom stereocenters. The fourth-order valence-electron chi connectivity index (χ4n) is 2.92. The number of para-hydroxylation sites is 1. The summed E-state index contributed by atoms with van der Waals surface area (Å²) in [6.07, 6.45) is 0.289. The lowest BCUT2D eigenvalue weighted by atomic mass is 10.1. The number of rotatable bonds is 6. The minimum Gasteiger partial charge on any atom is -0.494 e. The van der Waals surface area contributed by atoms with Crippen molar-refractivity contribution >= 4 is 11.6 Å². The summed E-state index contributed by atoms with van der Waals surface area (Å²) in [5.41, 5.74) is 4.55. The SMILES string of the molecule is CCOc1ccc(NC(=O)Cc2c(C)nn(-c3ccccc3)c2C)cc1. The van der Waals surface area contributed by atoms with Gasteiger partial charge in [0, 0.05) is 16.9 Å². The van der Waals surface area contributed by atoms with Gasteiger partial charge in [0.15, 0.2) is 0 Å². The van der Waals surface area contributed by atoms with Gasteiger partial charge in [-0.2, -0.15) is 5.10 Å². The molecule has 1 aromatic heterocycles. The highest BCUT2D eigenvalue weighted by Gasteiger charge is 2.16. The molecule has 0 aliphatic heterocycles. The highest BCUT2D eigenvalue weighted by atomic mass is 16.5. The minimum atomic E-state index is -0.0621. The van der Waals surface area contributed by atoms with Crippen LogP contribution < -0.4 is 10.1 Å². The summed E-state index contributed by atoms with van der Waals surface area (Å²) in [5, 5.41) is 7.52. The molecule has 0 aliphatic rings. The molecule has 5 nitrogen and oxygen atoms in total. The normalized spacial score (nSPS) is 10.6. The molecule has 26 heavy (non-hydrogen) atoms. The second kappa shape index (κ2) is 7.87. The van der Waals surface area contributed by atoms with Gasteiger partial charge in [0.05, 0.1) is 24.4 Å². The molecule has 0 atom stereocenters. The molecule has 0 aliphatic carbocycles. The quantitative estimate of drug-likeness (QED) is 0.730. The van der Waals surface area contributed by atoms with Gasteiger partial charge in [0.2, 0.25) is 5.91 Å². The Labute approximate surface area is 153 Å². The molecule has 0 bridgehead atoms. The predicted molar refractivity (Wildman–Crippen MR) is 103 cm³/mol. The van der Waals surface area contributed by atoms with Gasteiger partial charge in [0.25, 0.3) is 0 Å². The molecule has 1 amide bonds. The topological polar surface area (TPSA) is 56.1 Å². The standard InChI is InChI=1S/C21H23N3O2/c1-4-26-19-12-10-17(11-13-19)22-21(25)14-20-15(2)23-24(16(20)3)18-8-6-5-7-9-18/h5-13H,4,14H2,1-3H3,(H,22,25). The Balaban J connectivity index is 1.72. The smallest absolute Gasteiger partial charge is 0.228 e. The first-order valence-electron chi connectivity index (χ1n) is 8.71. The number of aromatic nitrogens is 2. The van der Waals surface area contributed by atoms with Gasteiger partial charge in [-0.3, -0.25) is 4.79 Å². The first kappa shape index (κ1) is 17.7. The average Bonchev–Trinajstić information content (AvgIpc) is 2.92. The molecule has 0 spiro atoms. The number of hydrogen-bond donors (Lipinski definition) is 1. The van der Waals surface area contributed by atoms with E-state index in [4.69, 9.17) is 4.74 Å². The van der Waals surface area contributed by atoms with Crippen LogP contribution in [0.3, 0.4) is 0 Å². The van der Waals surface area contributed by atoms with Crippen LogP contribution in [-0.4, -0.2) is 22.3 Å². The highest BCUT2D eigenvalue weighted by Crippen LogP contribution is 2.20. The van der Waals surface area contributed by atoms with Crippen LogP contribution in [0.5, 0.6) is 5.75 Å². The Kier molecular flexibility index (Phi) is 5.37. The van der Waals surface area contributed by atoms with Gasteiger partial charge in [-0.1, -0.05) is 18.2 Å². The molecular formula is C21H23N3O2. The van der Waals surface area contributed by atoms with E-state index in [1.165, 1.54) is 0 Å². The lowest BCUT2D eigenvalue weighted by Crippen LogP contribution is -2.15. The maximum absolute atomic E-state index is 12.5. The molecule has 1 N–H and O–H groups in total. The van der Waals surface area contributed by atoms with Gasteiger partial charge in [-0.05, 0) is 57.2 Å². The monoisotopic (exact) mass is 349 g/mol. The van der Waals surface area contributed by atoms with E-state index in [0.717, 1.165) is 34.1 Å². The van der Waals surface area contributed by atoms with Crippen molar-refractivity contribution in [2.24, 2.45) is 0 Å². The Morgan fingerprint density at radius 2 is 1.77 bits per heavy atom. The number of hydrogen-bond acceptors (Lipinski definition) is 3. The van der Waals surface area contributed by atoms with E-state index in [9.17, 15) is 4.79 Å². The van der Waals surface area contributed by atoms with Crippen LogP contribution in [-0.2, 0) is 11.2 Å². The van der Waals surface area contributed by atoms with Gasteiger partial charge in [-0.25, -0.2) is 4.68 Å². The van der Waals surface area contributed by atoms with E-state index in [0.29, 0.717) is 6.61 Å². The Morgan fingerprint density at radius 3 is 2.42 bits per heavy atom. The van der Waals surface area contributed by atoms with Crippen molar-refractivity contribution < 1.29 is 9.53 Å². The number of anilines is 1. The maximum atomic E-state index is 12.5. The fraction of sp³-hybridized carbons (Fsp3) is 0.238. The van der Waals surface area contributed by atoms with E-state index < -0.39 is 0 Å². The Morgan fingerprint density at radius 1 is 1.08 bits per heavy atom. The molecule has 3 rings (SSSR count). The Hall–Kier alpha value is -3.08. The molecular weight excluding hydrogens is 326 g/mol. The van der Waals surface area contributed by atoms with Crippen LogP contribution in [0.15, 0.2) is 54.6 Å². The number of nitrogens with zero attached hydrogens (tertiary/aromatic N) is 2. The first-order chi connectivity index (χ1) is 12.6. The summed E-state index contributed by atoms with van der Waals surface area (Å²) in [6, 6.07) is 17.3. The molecule has 1 heterocycles. The number of carbonyl (C=O) groups is 1. The zero-order chi connectivity index (χ0) is 18.5. The maximum Gasteiger partial charge on any atom is 0.228 e. The second-order valence-corrected chi connectivity index (χ2v) is 6.08. The van der Waals surface area contributed by atoms with Crippen LogP contribution >= 0.6 is 0 Å². The van der Waals surface area contributed by atoms with E-state index in [2.05, 4.69) is 10.4 Å². The second-order valence-electron chi connectivity index (χ2n) is 6.08. The number of carbonyl (C=O) groups excluding carboxylic acids is 1. The zero-order valence-corrected chi connectivity index (χ0v) is 15.3. The number of aryl methyl sites for hydroxylation is 1. The van der Waals surface area contributed by atoms with Gasteiger partial charge in [0.1, 0.15) is 5.75 Å². The Bertz CT molecular complexity index is 884. The van der Waals surface area contributed by atoms with Crippen molar-refractivity contribution in [1.29, 1.82) is 0 Å². The van der Waals surface area contributed by atoms with Gasteiger partial charge >= 0.3 is 0 Å². The molecule has 5 heteroatoms. The predicted octanol–water partition coefficient (Wildman–Crippen LogP) is 4.07. The average molecular weight is 349 g/mol. The van der Waals surface area contributed by atoms with Crippen molar-refractivity contribution in [2.75, 3.05) is 11.9 Å². The molecule has 0 fully saturated rings. The summed E-state index contributed by atoms with van der Waals surface area (Å²) in [7, 11) is 0. The van der Waals surface area contributed by atoms with Crippen LogP contribution in [0.2, 0.25) is 0 Å². The van der Waals surface area contributed by atoms with Crippen molar-refractivity contribution in [3.63, 3.8) is 0 Å². The van der Waals surface area contributed by atoms with E-state index >= 15 is 0 Å². The molecule has 134 valence electrons. The van der Waals surface area contributed by atoms with E-state index in [1.54, 1.807) is 0 Å². The molecule has 0 saturated heterocycles. The lowest BCUT2D eigenvalue weighted by Gasteiger charge is -2.08. The first-order valence-corrected chi connectivity index (χ1v) is 8.71. The highest BCUT2D eigenvalue weighted by molar-refractivity contribution is 5.92. The van der Waals surface area contributed by atoms with Crippen molar-refractivity contribution in [3.05, 3.63) is 71.5 Å². The molecule has 2 aromatic carbocycles. The largest absolute Gasteiger partial charge is 0.494 e. The summed E-state index contributed by atoms with van der Waals surface area (Å²) >= 11 is 0. The third kappa shape index (κ3) is 3.94. The van der Waals surface area contributed by atoms with E-state index in [-0.39, 0.29) is 12.3 Å². The fourth-order valence-corrected chi connectivity index (χ4v) is 2.92. The molecule has 3 aromatic rings.